The van der Waals surface area contributed by atoms with Crippen LogP contribution in [0.4, 0.5) is 14.9 Å². The number of thiophene rings is 1. The second-order valence-electron chi connectivity index (χ2n) is 10.0. The Kier molecular flexibility index (Phi) is 7.40. The first-order valence-electron chi connectivity index (χ1n) is 13.4. The van der Waals surface area contributed by atoms with Gasteiger partial charge in [-0.3, -0.25) is 14.9 Å². The molecule has 2 N–H and O–H groups in total. The number of benzene rings is 1. The molecule has 1 saturated heterocycles. The van der Waals surface area contributed by atoms with E-state index in [9.17, 15) is 9.18 Å². The summed E-state index contributed by atoms with van der Waals surface area (Å²) in [4.78, 5) is 27.1. The Hall–Kier alpha value is -3.60. The van der Waals surface area contributed by atoms with Crippen LogP contribution in [0, 0.1) is 5.82 Å². The van der Waals surface area contributed by atoms with E-state index in [2.05, 4.69) is 38.4 Å². The van der Waals surface area contributed by atoms with E-state index >= 15 is 0 Å². The van der Waals surface area contributed by atoms with Crippen LogP contribution in [0.2, 0.25) is 0 Å². The number of amides is 2. The molecule has 202 valence electrons. The number of anilines is 1. The molecule has 4 heterocycles. The summed E-state index contributed by atoms with van der Waals surface area (Å²) in [5, 5.41) is 5.48. The number of ether oxygens (including phenoxy) is 1. The first-order chi connectivity index (χ1) is 19.0. The predicted octanol–water partition coefficient (Wildman–Crippen LogP) is 5.71. The number of pyridine rings is 2. The van der Waals surface area contributed by atoms with E-state index in [0.29, 0.717) is 11.4 Å². The number of urea groups is 1. The Balaban J connectivity index is 1.14. The van der Waals surface area contributed by atoms with Gasteiger partial charge in [0.15, 0.2) is 11.6 Å². The third-order valence-electron chi connectivity index (χ3n) is 7.09. The van der Waals surface area contributed by atoms with Crippen LogP contribution in [0.5, 0.6) is 11.5 Å². The summed E-state index contributed by atoms with van der Waals surface area (Å²) in [7, 11) is 0. The molecular formula is C29H31FN6O2S. The topological polar surface area (TPSA) is 82.6 Å². The van der Waals surface area contributed by atoms with E-state index in [-0.39, 0.29) is 17.8 Å². The van der Waals surface area contributed by atoms with Crippen LogP contribution in [-0.4, -0.2) is 64.6 Å². The van der Waals surface area contributed by atoms with Crippen molar-refractivity contribution in [1.82, 2.24) is 25.1 Å². The molecule has 39 heavy (non-hydrogen) atoms. The molecule has 0 atom stereocenters. The van der Waals surface area contributed by atoms with Gasteiger partial charge in [-0.25, -0.2) is 9.18 Å². The van der Waals surface area contributed by atoms with Crippen LogP contribution in [0.3, 0.4) is 0 Å². The zero-order valence-electron chi connectivity index (χ0n) is 21.8. The van der Waals surface area contributed by atoms with Crippen molar-refractivity contribution >= 4 is 33.3 Å². The summed E-state index contributed by atoms with van der Waals surface area (Å²) in [6.45, 7) is 8.62. The standard InChI is InChI=1S/C29H31FN6O2S/c1-2-35-11-13-36(14-12-35)18-19-3-7-23(32-17-19)27-16-24-28(39-27)26(9-10-31-24)38-25-8-6-21(15-22(25)30)34-29(37)33-20-4-5-20/h3,6-10,15-17,20H,2,4-5,11-14,18H2,1H3,(H2,33,34,37). The normalized spacial score (nSPS) is 16.4. The van der Waals surface area contributed by atoms with E-state index < -0.39 is 5.82 Å². The van der Waals surface area contributed by atoms with Crippen LogP contribution in [0.15, 0.2) is 54.9 Å². The number of aromatic nitrogens is 2. The second-order valence-corrected chi connectivity index (χ2v) is 11.1. The van der Waals surface area contributed by atoms with Crippen LogP contribution in [0.1, 0.15) is 25.3 Å². The molecule has 8 nitrogen and oxygen atoms in total. The molecule has 2 aliphatic rings. The fourth-order valence-corrected chi connectivity index (χ4v) is 5.71. The molecule has 0 spiro atoms. The van der Waals surface area contributed by atoms with Gasteiger partial charge < -0.3 is 20.3 Å². The number of fused-ring (bicyclic) bond motifs is 1. The van der Waals surface area contributed by atoms with E-state index in [1.165, 1.54) is 29.0 Å². The largest absolute Gasteiger partial charge is 0.453 e. The van der Waals surface area contributed by atoms with Crippen molar-refractivity contribution in [1.29, 1.82) is 0 Å². The van der Waals surface area contributed by atoms with Gasteiger partial charge in [-0.05, 0) is 49.2 Å². The highest BCUT2D eigenvalue weighted by Gasteiger charge is 2.23. The van der Waals surface area contributed by atoms with Crippen LogP contribution in [0.25, 0.3) is 20.8 Å². The summed E-state index contributed by atoms with van der Waals surface area (Å²) in [6.07, 6.45) is 5.57. The van der Waals surface area contributed by atoms with Gasteiger partial charge in [-0.1, -0.05) is 13.0 Å². The van der Waals surface area contributed by atoms with E-state index in [4.69, 9.17) is 9.72 Å². The van der Waals surface area contributed by atoms with Gasteiger partial charge in [0.25, 0.3) is 0 Å². The van der Waals surface area contributed by atoms with Crippen LogP contribution in [-0.2, 0) is 6.54 Å². The number of hydrogen-bond acceptors (Lipinski definition) is 7. The van der Waals surface area contributed by atoms with E-state index in [1.807, 2.05) is 18.3 Å². The summed E-state index contributed by atoms with van der Waals surface area (Å²) in [5.41, 5.74) is 3.21. The molecule has 0 bridgehead atoms. The molecule has 6 rings (SSSR count). The molecule has 2 fully saturated rings. The maximum Gasteiger partial charge on any atom is 0.319 e. The molecular weight excluding hydrogens is 515 g/mol. The number of halogens is 1. The van der Waals surface area contributed by atoms with Crippen molar-refractivity contribution in [2.75, 3.05) is 38.0 Å². The van der Waals surface area contributed by atoms with E-state index in [0.717, 1.165) is 72.9 Å². The zero-order valence-corrected chi connectivity index (χ0v) is 22.6. The number of likely N-dealkylation sites (N-methyl/N-ethyl adjacent to an activating group) is 1. The summed E-state index contributed by atoms with van der Waals surface area (Å²) >= 11 is 1.52. The lowest BCUT2D eigenvalue weighted by atomic mass is 10.2. The SMILES string of the molecule is CCN1CCN(Cc2ccc(-c3cc4nccc(Oc5ccc(NC(=O)NC6CC6)cc5F)c4s3)nc2)CC1. The van der Waals surface area contributed by atoms with Crippen molar-refractivity contribution in [3.8, 4) is 22.1 Å². The highest BCUT2D eigenvalue weighted by atomic mass is 32.1. The molecule has 10 heteroatoms. The number of rotatable bonds is 8. The fraction of sp³-hybridized carbons (Fsp3) is 0.345. The van der Waals surface area contributed by atoms with E-state index in [1.54, 1.807) is 18.3 Å². The Morgan fingerprint density at radius 3 is 2.59 bits per heavy atom. The Bertz CT molecular complexity index is 1460. The highest BCUT2D eigenvalue weighted by Crippen LogP contribution is 2.39. The monoisotopic (exact) mass is 546 g/mol. The summed E-state index contributed by atoms with van der Waals surface area (Å²) < 4.78 is 21.6. The highest BCUT2D eigenvalue weighted by molar-refractivity contribution is 7.22. The number of carbonyl (C=O) groups is 1. The van der Waals surface area contributed by atoms with Crippen molar-refractivity contribution in [2.45, 2.75) is 32.4 Å². The van der Waals surface area contributed by atoms with Crippen molar-refractivity contribution < 1.29 is 13.9 Å². The third-order valence-corrected chi connectivity index (χ3v) is 8.25. The van der Waals surface area contributed by atoms with Gasteiger partial charge in [0.2, 0.25) is 0 Å². The lowest BCUT2D eigenvalue weighted by Gasteiger charge is -2.33. The predicted molar refractivity (Wildman–Crippen MR) is 152 cm³/mol. The number of nitrogens with one attached hydrogen (secondary N) is 2. The number of hydrogen-bond donors (Lipinski definition) is 2. The molecule has 1 aliphatic heterocycles. The minimum atomic E-state index is -0.561. The maximum atomic E-state index is 14.8. The molecule has 0 unspecified atom stereocenters. The quantitative estimate of drug-likeness (QED) is 0.295. The first-order valence-corrected chi connectivity index (χ1v) is 14.2. The molecule has 3 aromatic heterocycles. The van der Waals surface area contributed by atoms with Crippen LogP contribution >= 0.6 is 11.3 Å². The second kappa shape index (κ2) is 11.3. The average Bonchev–Trinajstić information content (AvgIpc) is 3.64. The molecule has 4 aromatic rings. The van der Waals surface area contributed by atoms with Crippen molar-refractivity contribution in [3.63, 3.8) is 0 Å². The smallest absolute Gasteiger partial charge is 0.319 e. The molecule has 1 aromatic carbocycles. The average molecular weight is 547 g/mol. The maximum absolute atomic E-state index is 14.8. The van der Waals surface area contributed by atoms with Crippen molar-refractivity contribution in [3.05, 3.63) is 66.2 Å². The van der Waals surface area contributed by atoms with Gasteiger partial charge in [0.05, 0.1) is 20.8 Å². The molecule has 1 saturated carbocycles. The number of piperazine rings is 1. The fourth-order valence-electron chi connectivity index (χ4n) is 4.67. The van der Waals surface area contributed by atoms with Gasteiger partial charge in [0.1, 0.15) is 5.75 Å². The minimum Gasteiger partial charge on any atom is -0.453 e. The zero-order chi connectivity index (χ0) is 26.8. The van der Waals surface area contributed by atoms with Crippen LogP contribution < -0.4 is 15.4 Å². The Labute approximate surface area is 230 Å². The number of carbonyl (C=O) groups excluding carboxylic acids is 1. The molecule has 2 amide bonds. The molecule has 0 radical (unpaired) electrons. The van der Waals surface area contributed by atoms with Gasteiger partial charge in [-0.15, -0.1) is 11.3 Å². The molecule has 1 aliphatic carbocycles. The lowest BCUT2D eigenvalue weighted by molar-refractivity contribution is 0.132. The number of nitrogens with zero attached hydrogens (tertiary/aromatic N) is 4. The van der Waals surface area contributed by atoms with Gasteiger partial charge in [-0.2, -0.15) is 0 Å². The minimum absolute atomic E-state index is 0.0767. The third kappa shape index (κ3) is 6.19. The Morgan fingerprint density at radius 2 is 1.87 bits per heavy atom. The van der Waals surface area contributed by atoms with Gasteiger partial charge in [0, 0.05) is 69.0 Å². The Morgan fingerprint density at radius 1 is 1.05 bits per heavy atom. The summed E-state index contributed by atoms with van der Waals surface area (Å²) in [5.74, 6) is 0.0346. The lowest BCUT2D eigenvalue weighted by Crippen LogP contribution is -2.45. The van der Waals surface area contributed by atoms with Crippen molar-refractivity contribution in [2.24, 2.45) is 0 Å². The van der Waals surface area contributed by atoms with Gasteiger partial charge >= 0.3 is 6.03 Å². The summed E-state index contributed by atoms with van der Waals surface area (Å²) in [6, 6.07) is 12.2. The first kappa shape index (κ1) is 25.7.